The molecule has 6 nitrogen and oxygen atoms in total. The monoisotopic (exact) mass is 389 g/mol. The Morgan fingerprint density at radius 2 is 1.74 bits per heavy atom. The Morgan fingerprint density at radius 1 is 1.11 bits per heavy atom. The maximum atomic E-state index is 12.6. The average molecular weight is 389 g/mol. The molecule has 2 N–H and O–H groups in total. The Hall–Kier alpha value is -2.29. The molecule has 0 radical (unpaired) electrons. The predicted octanol–water partition coefficient (Wildman–Crippen LogP) is 2.05. The Labute approximate surface area is 157 Å². The number of ether oxygens (including phenoxy) is 1. The predicted molar refractivity (Wildman–Crippen MR) is 95.3 cm³/mol. The van der Waals surface area contributed by atoms with Crippen LogP contribution in [0.2, 0.25) is 0 Å². The molecular weight excluding hydrogens is 363 g/mol. The van der Waals surface area contributed by atoms with Crippen molar-refractivity contribution in [3.05, 3.63) is 29.8 Å². The molecule has 2 amide bonds. The van der Waals surface area contributed by atoms with Gasteiger partial charge in [-0.1, -0.05) is 6.07 Å². The molecule has 27 heavy (non-hydrogen) atoms. The standard InChI is InChI=1S/C18H26F3N3O3/c1-17(2,3)23-16(26)12-24(4)11-15(25)22-8-9-27-14-7-5-6-13(10-14)18(19,20)21/h5-7,10H,8-9,11-12H2,1-4H3,(H,22,25)(H,23,26). The van der Waals surface area contributed by atoms with E-state index in [1.165, 1.54) is 12.1 Å². The van der Waals surface area contributed by atoms with Gasteiger partial charge in [0.05, 0.1) is 25.2 Å². The van der Waals surface area contributed by atoms with Crippen molar-refractivity contribution in [1.82, 2.24) is 15.5 Å². The summed E-state index contributed by atoms with van der Waals surface area (Å²) in [6.45, 7) is 5.84. The van der Waals surface area contributed by atoms with Crippen LogP contribution in [0.5, 0.6) is 5.75 Å². The van der Waals surface area contributed by atoms with E-state index in [4.69, 9.17) is 4.74 Å². The molecule has 0 heterocycles. The molecule has 0 saturated heterocycles. The van der Waals surface area contributed by atoms with Crippen molar-refractivity contribution in [3.63, 3.8) is 0 Å². The van der Waals surface area contributed by atoms with Crippen LogP contribution in [0, 0.1) is 0 Å². The number of hydrogen-bond acceptors (Lipinski definition) is 4. The summed E-state index contributed by atoms with van der Waals surface area (Å²) in [6, 6.07) is 4.54. The summed E-state index contributed by atoms with van der Waals surface area (Å²) in [5.41, 5.74) is -1.14. The summed E-state index contributed by atoms with van der Waals surface area (Å²) < 4.78 is 43.1. The van der Waals surface area contributed by atoms with Crippen molar-refractivity contribution in [3.8, 4) is 5.75 Å². The number of alkyl halides is 3. The van der Waals surface area contributed by atoms with Gasteiger partial charge in [-0.2, -0.15) is 13.2 Å². The van der Waals surface area contributed by atoms with Crippen LogP contribution >= 0.6 is 0 Å². The van der Waals surface area contributed by atoms with Crippen molar-refractivity contribution in [2.75, 3.05) is 33.3 Å². The zero-order chi connectivity index (χ0) is 20.7. The van der Waals surface area contributed by atoms with Crippen molar-refractivity contribution in [2.24, 2.45) is 0 Å². The van der Waals surface area contributed by atoms with E-state index in [-0.39, 0.29) is 49.3 Å². The van der Waals surface area contributed by atoms with Gasteiger partial charge in [-0.25, -0.2) is 0 Å². The first-order valence-corrected chi connectivity index (χ1v) is 8.43. The molecule has 9 heteroatoms. The highest BCUT2D eigenvalue weighted by molar-refractivity contribution is 5.81. The smallest absolute Gasteiger partial charge is 0.416 e. The number of amides is 2. The fraction of sp³-hybridized carbons (Fsp3) is 0.556. The van der Waals surface area contributed by atoms with Gasteiger partial charge in [0.15, 0.2) is 0 Å². The number of carbonyl (C=O) groups excluding carboxylic acids is 2. The number of halogens is 3. The summed E-state index contributed by atoms with van der Waals surface area (Å²) in [5, 5.41) is 5.39. The highest BCUT2D eigenvalue weighted by atomic mass is 19.4. The molecule has 0 aliphatic rings. The van der Waals surface area contributed by atoms with Crippen molar-refractivity contribution in [2.45, 2.75) is 32.5 Å². The molecule has 0 fully saturated rings. The summed E-state index contributed by atoms with van der Waals surface area (Å²) in [6.07, 6.45) is -4.43. The van der Waals surface area contributed by atoms with E-state index in [0.717, 1.165) is 12.1 Å². The van der Waals surface area contributed by atoms with E-state index < -0.39 is 11.7 Å². The van der Waals surface area contributed by atoms with Crippen molar-refractivity contribution < 1.29 is 27.5 Å². The van der Waals surface area contributed by atoms with Crippen molar-refractivity contribution in [1.29, 1.82) is 0 Å². The summed E-state index contributed by atoms with van der Waals surface area (Å²) in [4.78, 5) is 25.2. The van der Waals surface area contributed by atoms with Crippen molar-refractivity contribution >= 4 is 11.8 Å². The topological polar surface area (TPSA) is 70.7 Å². The SMILES string of the molecule is CN(CC(=O)NCCOc1cccc(C(F)(F)F)c1)CC(=O)NC(C)(C)C. The Balaban J connectivity index is 2.30. The van der Waals surface area contributed by atoms with Crippen LogP contribution in [-0.4, -0.2) is 55.5 Å². The van der Waals surface area contributed by atoms with Gasteiger partial charge < -0.3 is 15.4 Å². The quantitative estimate of drug-likeness (QED) is 0.668. The van der Waals surface area contributed by atoms with Crippen LogP contribution in [0.15, 0.2) is 24.3 Å². The maximum Gasteiger partial charge on any atom is 0.416 e. The first kappa shape index (κ1) is 22.8. The normalized spacial score (nSPS) is 12.0. The second-order valence-corrected chi connectivity index (χ2v) is 7.19. The third kappa shape index (κ3) is 9.83. The molecule has 0 aliphatic heterocycles. The number of benzene rings is 1. The Morgan fingerprint density at radius 3 is 2.33 bits per heavy atom. The summed E-state index contributed by atoms with van der Waals surface area (Å²) >= 11 is 0. The fourth-order valence-electron chi connectivity index (χ4n) is 2.18. The van der Waals surface area contributed by atoms with Gasteiger partial charge >= 0.3 is 6.18 Å². The summed E-state index contributed by atoms with van der Waals surface area (Å²) in [7, 11) is 1.64. The van der Waals surface area contributed by atoms with E-state index in [1.807, 2.05) is 20.8 Å². The summed E-state index contributed by atoms with van der Waals surface area (Å²) in [5.74, 6) is -0.422. The molecule has 1 aromatic carbocycles. The molecule has 0 atom stereocenters. The van der Waals surface area contributed by atoms with Gasteiger partial charge in [0.1, 0.15) is 12.4 Å². The molecule has 0 saturated carbocycles. The van der Waals surface area contributed by atoms with E-state index in [0.29, 0.717) is 0 Å². The molecule has 0 bridgehead atoms. The molecule has 0 spiro atoms. The third-order valence-electron chi connectivity index (χ3n) is 3.20. The lowest BCUT2D eigenvalue weighted by molar-refractivity contribution is -0.137. The minimum atomic E-state index is -4.43. The van der Waals surface area contributed by atoms with Crippen LogP contribution < -0.4 is 15.4 Å². The molecule has 152 valence electrons. The van der Waals surface area contributed by atoms with E-state index in [2.05, 4.69) is 10.6 Å². The second-order valence-electron chi connectivity index (χ2n) is 7.19. The molecule has 0 unspecified atom stereocenters. The fourth-order valence-corrected chi connectivity index (χ4v) is 2.18. The van der Waals surface area contributed by atoms with Gasteiger partial charge in [-0.15, -0.1) is 0 Å². The van der Waals surface area contributed by atoms with E-state index in [1.54, 1.807) is 11.9 Å². The number of likely N-dealkylation sites (N-methyl/N-ethyl adjacent to an activating group) is 1. The van der Waals surface area contributed by atoms with Gasteiger partial charge in [-0.05, 0) is 46.0 Å². The highest BCUT2D eigenvalue weighted by Crippen LogP contribution is 2.31. The lowest BCUT2D eigenvalue weighted by Gasteiger charge is -2.23. The number of nitrogens with one attached hydrogen (secondary N) is 2. The van der Waals surface area contributed by atoms with Gasteiger partial charge in [0.2, 0.25) is 11.8 Å². The Kier molecular flexibility index (Phi) is 8.08. The lowest BCUT2D eigenvalue weighted by atomic mass is 10.1. The zero-order valence-corrected chi connectivity index (χ0v) is 15.9. The van der Waals surface area contributed by atoms with Crippen LogP contribution in [0.1, 0.15) is 26.3 Å². The largest absolute Gasteiger partial charge is 0.492 e. The number of nitrogens with zero attached hydrogens (tertiary/aromatic N) is 1. The number of carbonyl (C=O) groups is 2. The molecule has 1 aromatic rings. The molecule has 0 aromatic heterocycles. The van der Waals surface area contributed by atoms with Crippen LogP contribution in [-0.2, 0) is 15.8 Å². The minimum absolute atomic E-state index is 0.0150. The van der Waals surface area contributed by atoms with E-state index >= 15 is 0 Å². The lowest BCUT2D eigenvalue weighted by Crippen LogP contribution is -2.47. The van der Waals surface area contributed by atoms with E-state index in [9.17, 15) is 22.8 Å². The second kappa shape index (κ2) is 9.59. The number of rotatable bonds is 8. The Bertz CT molecular complexity index is 643. The molecule has 0 aliphatic carbocycles. The van der Waals surface area contributed by atoms with Gasteiger partial charge in [-0.3, -0.25) is 14.5 Å². The first-order valence-electron chi connectivity index (χ1n) is 8.43. The van der Waals surface area contributed by atoms with Gasteiger partial charge in [0.25, 0.3) is 0 Å². The van der Waals surface area contributed by atoms with Gasteiger partial charge in [0, 0.05) is 5.54 Å². The first-order chi connectivity index (χ1) is 12.4. The third-order valence-corrected chi connectivity index (χ3v) is 3.20. The zero-order valence-electron chi connectivity index (χ0n) is 15.9. The van der Waals surface area contributed by atoms with Crippen LogP contribution in [0.3, 0.4) is 0 Å². The van der Waals surface area contributed by atoms with Crippen LogP contribution in [0.25, 0.3) is 0 Å². The molecule has 1 rings (SSSR count). The number of hydrogen-bond donors (Lipinski definition) is 2. The minimum Gasteiger partial charge on any atom is -0.492 e. The highest BCUT2D eigenvalue weighted by Gasteiger charge is 2.30. The molecular formula is C18H26F3N3O3. The average Bonchev–Trinajstić information content (AvgIpc) is 2.48. The van der Waals surface area contributed by atoms with Crippen LogP contribution in [0.4, 0.5) is 13.2 Å². The maximum absolute atomic E-state index is 12.6.